The maximum absolute atomic E-state index is 2.76. The molecule has 202 valence electrons. The zero-order valence-corrected chi connectivity index (χ0v) is 25.2. The molecule has 0 fully saturated rings. The van der Waals surface area contributed by atoms with Crippen LogP contribution in [0.15, 0.2) is 115 Å². The van der Waals surface area contributed by atoms with Crippen LogP contribution in [0.25, 0.3) is 73.6 Å². The maximum atomic E-state index is 2.76. The lowest BCUT2D eigenvalue weighted by Crippen LogP contribution is -2.57. The van der Waals surface area contributed by atoms with E-state index >= 15 is 0 Å². The zero-order chi connectivity index (χ0) is 28.3. The lowest BCUT2D eigenvalue weighted by atomic mass is 9.40. The monoisotopic (exact) mass is 591 g/mol. The molecule has 6 aromatic carbocycles. The van der Waals surface area contributed by atoms with Gasteiger partial charge in [-0.05, 0) is 73.5 Å². The Morgan fingerprint density at radius 1 is 0.636 bits per heavy atom. The number of hydrogen-bond acceptors (Lipinski definition) is 2. The first-order valence-corrected chi connectivity index (χ1v) is 17.1. The number of para-hydroxylation sites is 1. The van der Waals surface area contributed by atoms with Gasteiger partial charge >= 0.3 is 6.85 Å². The van der Waals surface area contributed by atoms with E-state index in [-0.39, 0.29) is 6.85 Å². The Kier molecular flexibility index (Phi) is 4.00. The van der Waals surface area contributed by atoms with E-state index in [0.29, 0.717) is 5.92 Å². The maximum Gasteiger partial charge on any atom is 0.329 e. The molecule has 0 bridgehead atoms. The van der Waals surface area contributed by atoms with Gasteiger partial charge in [0.05, 0.1) is 10.2 Å². The summed E-state index contributed by atoms with van der Waals surface area (Å²) in [5, 5.41) is 6.92. The van der Waals surface area contributed by atoms with Gasteiger partial charge < -0.3 is 4.48 Å². The molecular weight excluding hydrogens is 569 g/mol. The Labute approximate surface area is 261 Å². The third-order valence-electron chi connectivity index (χ3n) is 10.8. The smallest absolute Gasteiger partial charge is 0.329 e. The topological polar surface area (TPSA) is 4.93 Å². The van der Waals surface area contributed by atoms with Crippen molar-refractivity contribution < 1.29 is 0 Å². The first-order valence-electron chi connectivity index (χ1n) is 15.5. The van der Waals surface area contributed by atoms with Crippen LogP contribution in [0.1, 0.15) is 22.6 Å². The van der Waals surface area contributed by atoms with Crippen molar-refractivity contribution in [3.8, 4) is 21.6 Å². The molecule has 9 aromatic rings. The van der Waals surface area contributed by atoms with E-state index in [1.165, 1.54) is 95.7 Å². The minimum atomic E-state index is 0.139. The van der Waals surface area contributed by atoms with Crippen LogP contribution in [-0.4, -0.2) is 11.3 Å². The van der Waals surface area contributed by atoms with Gasteiger partial charge in [0.2, 0.25) is 0 Å². The van der Waals surface area contributed by atoms with Gasteiger partial charge in [-0.2, -0.15) is 0 Å². The summed E-state index contributed by atoms with van der Waals surface area (Å²) in [7, 11) is 0. The second-order valence-electron chi connectivity index (χ2n) is 12.7. The minimum Gasteiger partial charge on any atom is -0.374 e. The molecule has 0 saturated heterocycles. The highest BCUT2D eigenvalue weighted by atomic mass is 32.1. The van der Waals surface area contributed by atoms with Crippen LogP contribution in [-0.2, 0) is 6.42 Å². The van der Waals surface area contributed by atoms with Gasteiger partial charge in [0.1, 0.15) is 0 Å². The summed E-state index contributed by atoms with van der Waals surface area (Å²) in [4.78, 5) is 1.48. The molecule has 0 N–H and O–H groups in total. The average molecular weight is 592 g/mol. The molecule has 1 aliphatic carbocycles. The number of thiophene rings is 2. The fourth-order valence-electron chi connectivity index (χ4n) is 9.19. The molecule has 2 aliphatic heterocycles. The summed E-state index contributed by atoms with van der Waals surface area (Å²) >= 11 is 3.94. The Hall–Kier alpha value is -4.64. The highest BCUT2D eigenvalue weighted by Gasteiger charge is 2.46. The predicted octanol–water partition coefficient (Wildman–Crippen LogP) is 9.68. The van der Waals surface area contributed by atoms with Gasteiger partial charge in [-0.1, -0.05) is 103 Å². The van der Waals surface area contributed by atoms with Gasteiger partial charge in [-0.3, -0.25) is 0 Å². The van der Waals surface area contributed by atoms with Gasteiger partial charge in [0, 0.05) is 42.0 Å². The fraction of sp³-hybridized carbons (Fsp3) is 0.0500. The van der Waals surface area contributed by atoms with Crippen molar-refractivity contribution in [1.29, 1.82) is 0 Å². The predicted molar refractivity (Wildman–Crippen MR) is 191 cm³/mol. The van der Waals surface area contributed by atoms with Crippen molar-refractivity contribution in [1.82, 2.24) is 4.48 Å². The normalized spacial score (nSPS) is 15.8. The summed E-state index contributed by atoms with van der Waals surface area (Å²) in [6, 6.07) is 44.0. The summed E-state index contributed by atoms with van der Waals surface area (Å²) < 4.78 is 6.95. The van der Waals surface area contributed by atoms with Gasteiger partial charge in [0.15, 0.2) is 0 Å². The summed E-state index contributed by atoms with van der Waals surface area (Å²) in [6.45, 7) is 0.139. The van der Waals surface area contributed by atoms with E-state index in [2.05, 4.69) is 120 Å². The highest BCUT2D eigenvalue weighted by molar-refractivity contribution is 7.27. The molecule has 3 aromatic heterocycles. The van der Waals surface area contributed by atoms with Gasteiger partial charge in [-0.15, -0.1) is 22.7 Å². The van der Waals surface area contributed by atoms with Crippen LogP contribution in [0.5, 0.6) is 0 Å². The second-order valence-corrected chi connectivity index (χ2v) is 14.8. The van der Waals surface area contributed by atoms with Crippen molar-refractivity contribution in [2.75, 3.05) is 0 Å². The van der Waals surface area contributed by atoms with Crippen LogP contribution < -0.4 is 10.9 Å². The third-order valence-corrected chi connectivity index (χ3v) is 13.2. The molecule has 44 heavy (non-hydrogen) atoms. The number of aromatic nitrogens is 1. The third kappa shape index (κ3) is 2.51. The van der Waals surface area contributed by atoms with Crippen molar-refractivity contribution in [2.24, 2.45) is 0 Å². The number of rotatable bonds is 0. The molecule has 0 spiro atoms. The number of benzene rings is 6. The molecule has 1 atom stereocenters. The van der Waals surface area contributed by atoms with Gasteiger partial charge in [0.25, 0.3) is 0 Å². The SMILES string of the molecule is c1cc2c3c(c1)-c1sc4ccccc4c1CC3c1cc3ccccc3c3c1B2n1c2c-3cccc2c2sc3ccccc3c21. The Bertz CT molecular complexity index is 2780. The lowest BCUT2D eigenvalue weighted by Gasteiger charge is -2.41. The van der Waals surface area contributed by atoms with Crippen LogP contribution >= 0.6 is 22.7 Å². The molecule has 12 rings (SSSR count). The minimum absolute atomic E-state index is 0.139. The highest BCUT2D eigenvalue weighted by Crippen LogP contribution is 2.53. The van der Waals surface area contributed by atoms with E-state index in [1.54, 1.807) is 5.56 Å². The van der Waals surface area contributed by atoms with Crippen molar-refractivity contribution >= 4 is 92.5 Å². The second kappa shape index (κ2) is 7.71. The molecule has 4 heteroatoms. The molecule has 1 unspecified atom stereocenters. The molecular formula is C40H22BNS2. The summed E-state index contributed by atoms with van der Waals surface area (Å²) in [5.41, 5.74) is 14.7. The zero-order valence-electron chi connectivity index (χ0n) is 23.6. The van der Waals surface area contributed by atoms with E-state index in [4.69, 9.17) is 0 Å². The van der Waals surface area contributed by atoms with Crippen molar-refractivity contribution in [3.63, 3.8) is 0 Å². The summed E-state index contributed by atoms with van der Waals surface area (Å²) in [6.07, 6.45) is 1.06. The first kappa shape index (κ1) is 22.8. The van der Waals surface area contributed by atoms with Crippen LogP contribution in [0, 0.1) is 0 Å². The Balaban J connectivity index is 1.32. The molecule has 0 saturated carbocycles. The van der Waals surface area contributed by atoms with E-state index in [1.807, 2.05) is 22.7 Å². The summed E-state index contributed by atoms with van der Waals surface area (Å²) in [5.74, 6) is 0.340. The van der Waals surface area contributed by atoms with Crippen LogP contribution in [0.3, 0.4) is 0 Å². The standard InChI is InChI=1S/C40H22BNS2/c1-2-10-22-21(9-1)19-29-28-20-30-23-11-3-5-17-32(23)43-39(30)26-14-8-16-31(34(26)28)41-36(29)35(22)25-13-7-15-27-37(25)42(41)38-24-12-4-6-18-33(24)44-40(27)38/h1-19,28H,20H2. The largest absolute Gasteiger partial charge is 0.374 e. The Morgan fingerprint density at radius 2 is 1.36 bits per heavy atom. The number of hydrogen-bond donors (Lipinski definition) is 0. The lowest BCUT2D eigenvalue weighted by molar-refractivity contribution is 0.807. The van der Waals surface area contributed by atoms with E-state index in [0.717, 1.165) is 6.42 Å². The molecule has 3 aliphatic rings. The first-order chi connectivity index (χ1) is 21.8. The quantitative estimate of drug-likeness (QED) is 0.155. The fourth-order valence-corrected chi connectivity index (χ4v) is 11.7. The number of fused-ring (bicyclic) bond motifs is 15. The molecule has 0 amide bonds. The van der Waals surface area contributed by atoms with Crippen molar-refractivity contribution in [3.05, 3.63) is 132 Å². The van der Waals surface area contributed by atoms with E-state index in [9.17, 15) is 0 Å². The van der Waals surface area contributed by atoms with E-state index < -0.39 is 0 Å². The average Bonchev–Trinajstić information content (AvgIpc) is 3.74. The van der Waals surface area contributed by atoms with Gasteiger partial charge in [-0.25, -0.2) is 0 Å². The molecule has 5 heterocycles. The molecule has 0 radical (unpaired) electrons. The number of nitrogens with zero attached hydrogens (tertiary/aromatic N) is 1. The molecule has 1 nitrogen and oxygen atoms in total. The van der Waals surface area contributed by atoms with Crippen LogP contribution in [0.4, 0.5) is 0 Å². The van der Waals surface area contributed by atoms with Crippen LogP contribution in [0.2, 0.25) is 0 Å². The Morgan fingerprint density at radius 3 is 2.27 bits per heavy atom. The van der Waals surface area contributed by atoms with Crippen molar-refractivity contribution in [2.45, 2.75) is 12.3 Å².